The number of benzene rings is 1. The van der Waals surface area contributed by atoms with Crippen LogP contribution in [0.2, 0.25) is 0 Å². The lowest BCUT2D eigenvalue weighted by atomic mass is 10.1. The van der Waals surface area contributed by atoms with E-state index in [9.17, 15) is 18.0 Å². The lowest BCUT2D eigenvalue weighted by Crippen LogP contribution is -2.38. The minimum Gasteiger partial charge on any atom is -0.348 e. The number of hydrogen-bond acceptors (Lipinski definition) is 5. The topological polar surface area (TPSA) is 130 Å². The second kappa shape index (κ2) is 7.23. The maximum Gasteiger partial charge on any atom is 0.253 e. The van der Waals surface area contributed by atoms with Crippen LogP contribution in [0.5, 0.6) is 0 Å². The average molecular weight is 328 g/mol. The van der Waals surface area contributed by atoms with E-state index in [2.05, 4.69) is 15.4 Å². The maximum absolute atomic E-state index is 12.2. The van der Waals surface area contributed by atoms with Crippen molar-refractivity contribution in [3.05, 3.63) is 23.8 Å². The Labute approximate surface area is 129 Å². The van der Waals surface area contributed by atoms with Crippen LogP contribution in [0.4, 0.5) is 11.4 Å². The van der Waals surface area contributed by atoms with E-state index in [1.54, 1.807) is 6.92 Å². The number of rotatable bonds is 6. The standard InChI is InChI=1S/C13H20N4O4S/c1-8(7-14)15-13(19)11-6-10(16-9(2)18)4-5-12(11)17-22(3,20)21/h4-6,8,17H,7,14H2,1-3H3,(H,15,19)(H,16,18)/t8-/m0/s1. The molecule has 0 aliphatic carbocycles. The predicted molar refractivity (Wildman–Crippen MR) is 85.2 cm³/mol. The van der Waals surface area contributed by atoms with Gasteiger partial charge in [-0.25, -0.2) is 8.42 Å². The van der Waals surface area contributed by atoms with Crippen molar-refractivity contribution in [3.63, 3.8) is 0 Å². The van der Waals surface area contributed by atoms with Gasteiger partial charge in [-0.1, -0.05) is 0 Å². The molecule has 0 unspecified atom stereocenters. The van der Waals surface area contributed by atoms with Gasteiger partial charge in [0, 0.05) is 25.2 Å². The number of amides is 2. The summed E-state index contributed by atoms with van der Waals surface area (Å²) in [5.41, 5.74) is 6.05. The first-order chi connectivity index (χ1) is 10.1. The third-order valence-electron chi connectivity index (χ3n) is 2.61. The van der Waals surface area contributed by atoms with E-state index in [-0.39, 0.29) is 29.7 Å². The predicted octanol–water partition coefficient (Wildman–Crippen LogP) is 0.0935. The van der Waals surface area contributed by atoms with Crippen molar-refractivity contribution in [1.82, 2.24) is 5.32 Å². The van der Waals surface area contributed by atoms with Crippen molar-refractivity contribution in [3.8, 4) is 0 Å². The first kappa shape index (κ1) is 17.9. The summed E-state index contributed by atoms with van der Waals surface area (Å²) in [5.74, 6) is -0.790. The molecule has 0 bridgehead atoms. The van der Waals surface area contributed by atoms with E-state index < -0.39 is 15.9 Å². The molecular weight excluding hydrogens is 308 g/mol. The summed E-state index contributed by atoms with van der Waals surface area (Å²) >= 11 is 0. The number of sulfonamides is 1. The number of anilines is 2. The lowest BCUT2D eigenvalue weighted by molar-refractivity contribution is -0.114. The third-order valence-corrected chi connectivity index (χ3v) is 3.20. The minimum absolute atomic E-state index is 0.0944. The molecule has 0 radical (unpaired) electrons. The Balaban J connectivity index is 3.21. The molecule has 8 nitrogen and oxygen atoms in total. The Kier molecular flexibility index (Phi) is 5.89. The Morgan fingerprint density at radius 2 is 1.95 bits per heavy atom. The number of hydrogen-bond donors (Lipinski definition) is 4. The van der Waals surface area contributed by atoms with Gasteiger partial charge in [-0.15, -0.1) is 0 Å². The molecule has 0 fully saturated rings. The van der Waals surface area contributed by atoms with Crippen molar-refractivity contribution in [2.45, 2.75) is 19.9 Å². The zero-order valence-electron chi connectivity index (χ0n) is 12.6. The fourth-order valence-electron chi connectivity index (χ4n) is 1.66. The van der Waals surface area contributed by atoms with Crippen LogP contribution in [0, 0.1) is 0 Å². The summed E-state index contributed by atoms with van der Waals surface area (Å²) in [4.78, 5) is 23.3. The SMILES string of the molecule is CC(=O)Nc1ccc(NS(C)(=O)=O)c(C(=O)N[C@@H](C)CN)c1. The van der Waals surface area contributed by atoms with Gasteiger partial charge >= 0.3 is 0 Å². The van der Waals surface area contributed by atoms with Crippen molar-refractivity contribution in [2.24, 2.45) is 5.73 Å². The van der Waals surface area contributed by atoms with Gasteiger partial charge in [0.1, 0.15) is 0 Å². The molecule has 1 aromatic rings. The van der Waals surface area contributed by atoms with Gasteiger partial charge in [0.05, 0.1) is 17.5 Å². The third kappa shape index (κ3) is 5.70. The second-order valence-electron chi connectivity index (χ2n) is 4.93. The fraction of sp³-hybridized carbons (Fsp3) is 0.385. The quantitative estimate of drug-likeness (QED) is 0.588. The zero-order valence-corrected chi connectivity index (χ0v) is 13.5. The van der Waals surface area contributed by atoms with Crippen LogP contribution in [-0.4, -0.2) is 39.1 Å². The van der Waals surface area contributed by atoms with Gasteiger partial charge < -0.3 is 16.4 Å². The Morgan fingerprint density at radius 1 is 1.32 bits per heavy atom. The number of carbonyl (C=O) groups excluding carboxylic acids is 2. The molecule has 9 heteroatoms. The first-order valence-corrected chi connectivity index (χ1v) is 8.42. The molecular formula is C13H20N4O4S. The smallest absolute Gasteiger partial charge is 0.253 e. The van der Waals surface area contributed by atoms with E-state index in [0.29, 0.717) is 5.69 Å². The summed E-state index contributed by atoms with van der Waals surface area (Å²) in [7, 11) is -3.55. The van der Waals surface area contributed by atoms with E-state index >= 15 is 0 Å². The summed E-state index contributed by atoms with van der Waals surface area (Å²) in [5, 5.41) is 5.18. The van der Waals surface area contributed by atoms with Crippen LogP contribution in [0.15, 0.2) is 18.2 Å². The Hall–Kier alpha value is -2.13. The Morgan fingerprint density at radius 3 is 2.45 bits per heavy atom. The van der Waals surface area contributed by atoms with Gasteiger partial charge in [-0.05, 0) is 25.1 Å². The normalized spacial score (nSPS) is 12.4. The number of carbonyl (C=O) groups is 2. The first-order valence-electron chi connectivity index (χ1n) is 6.52. The zero-order chi connectivity index (χ0) is 16.9. The van der Waals surface area contributed by atoms with Gasteiger partial charge in [0.2, 0.25) is 15.9 Å². The van der Waals surface area contributed by atoms with Crippen molar-refractivity contribution in [2.75, 3.05) is 22.8 Å². The molecule has 1 atom stereocenters. The van der Waals surface area contributed by atoms with E-state index in [0.717, 1.165) is 6.26 Å². The monoisotopic (exact) mass is 328 g/mol. The second-order valence-corrected chi connectivity index (χ2v) is 6.67. The van der Waals surface area contributed by atoms with Crippen LogP contribution in [0.25, 0.3) is 0 Å². The molecule has 2 amide bonds. The summed E-state index contributed by atoms with van der Waals surface area (Å²) in [6.07, 6.45) is 0.985. The van der Waals surface area contributed by atoms with E-state index in [1.165, 1.54) is 25.1 Å². The molecule has 0 saturated heterocycles. The molecule has 0 heterocycles. The van der Waals surface area contributed by atoms with Gasteiger partial charge in [0.25, 0.3) is 5.91 Å². The van der Waals surface area contributed by atoms with Crippen LogP contribution in [-0.2, 0) is 14.8 Å². The average Bonchev–Trinajstić information content (AvgIpc) is 2.38. The van der Waals surface area contributed by atoms with Gasteiger partial charge in [-0.3, -0.25) is 14.3 Å². The highest BCUT2D eigenvalue weighted by Crippen LogP contribution is 2.22. The molecule has 0 spiro atoms. The van der Waals surface area contributed by atoms with Crippen LogP contribution in [0.1, 0.15) is 24.2 Å². The van der Waals surface area contributed by atoms with E-state index in [1.807, 2.05) is 0 Å². The highest BCUT2D eigenvalue weighted by atomic mass is 32.2. The molecule has 22 heavy (non-hydrogen) atoms. The van der Waals surface area contributed by atoms with Crippen molar-refractivity contribution in [1.29, 1.82) is 0 Å². The molecule has 0 aliphatic heterocycles. The fourth-order valence-corrected chi connectivity index (χ4v) is 2.24. The molecule has 1 aromatic carbocycles. The number of nitrogens with two attached hydrogens (primary N) is 1. The molecule has 5 N–H and O–H groups in total. The molecule has 0 saturated carbocycles. The molecule has 1 rings (SSSR count). The molecule has 0 aliphatic rings. The molecule has 0 aromatic heterocycles. The van der Waals surface area contributed by atoms with Crippen LogP contribution >= 0.6 is 0 Å². The van der Waals surface area contributed by atoms with E-state index in [4.69, 9.17) is 5.73 Å². The van der Waals surface area contributed by atoms with Crippen LogP contribution in [0.3, 0.4) is 0 Å². The highest BCUT2D eigenvalue weighted by Gasteiger charge is 2.16. The van der Waals surface area contributed by atoms with Gasteiger partial charge in [-0.2, -0.15) is 0 Å². The molecule has 122 valence electrons. The number of nitrogens with one attached hydrogen (secondary N) is 3. The van der Waals surface area contributed by atoms with Crippen LogP contribution < -0.4 is 21.1 Å². The summed E-state index contributed by atoms with van der Waals surface area (Å²) < 4.78 is 25.0. The summed E-state index contributed by atoms with van der Waals surface area (Å²) in [6.45, 7) is 3.30. The minimum atomic E-state index is -3.55. The maximum atomic E-state index is 12.2. The highest BCUT2D eigenvalue weighted by molar-refractivity contribution is 7.92. The van der Waals surface area contributed by atoms with Gasteiger partial charge in [0.15, 0.2) is 0 Å². The van der Waals surface area contributed by atoms with Crippen molar-refractivity contribution >= 4 is 33.2 Å². The summed E-state index contributed by atoms with van der Waals surface area (Å²) in [6, 6.07) is 4.03. The van der Waals surface area contributed by atoms with Crippen molar-refractivity contribution < 1.29 is 18.0 Å². The Bertz CT molecular complexity index is 673. The largest absolute Gasteiger partial charge is 0.348 e. The lowest BCUT2D eigenvalue weighted by Gasteiger charge is -2.15.